The fourth-order valence-electron chi connectivity index (χ4n) is 1.39. The van der Waals surface area contributed by atoms with Gasteiger partial charge in [-0.2, -0.15) is 0 Å². The molecule has 0 heterocycles. The maximum atomic E-state index is 9.01. The predicted molar refractivity (Wildman–Crippen MR) is 41.6 cm³/mol. The van der Waals surface area contributed by atoms with Gasteiger partial charge in [-0.1, -0.05) is 13.8 Å². The van der Waals surface area contributed by atoms with Crippen LogP contribution >= 0.6 is 0 Å². The summed E-state index contributed by atoms with van der Waals surface area (Å²) >= 11 is 0. The normalized spacial score (nSPS) is 24.0. The molecule has 0 saturated heterocycles. The van der Waals surface area contributed by atoms with Crippen LogP contribution in [-0.4, -0.2) is 17.3 Å². The summed E-state index contributed by atoms with van der Waals surface area (Å²) in [7, 11) is 0. The Bertz CT molecular complexity index is 118. The van der Waals surface area contributed by atoms with Gasteiger partial charge in [0.1, 0.15) is 0 Å². The molecule has 0 radical (unpaired) electrons. The van der Waals surface area contributed by atoms with Crippen molar-refractivity contribution >= 4 is 0 Å². The topological polar surface area (TPSA) is 46.2 Å². The quantitative estimate of drug-likeness (QED) is 0.603. The lowest BCUT2D eigenvalue weighted by Gasteiger charge is -2.49. The fourth-order valence-corrected chi connectivity index (χ4v) is 1.39. The zero-order chi connectivity index (χ0) is 7.83. The second kappa shape index (κ2) is 2.21. The van der Waals surface area contributed by atoms with Gasteiger partial charge in [-0.3, -0.25) is 0 Å². The molecular formula is C8H17NO. The maximum absolute atomic E-state index is 9.01. The lowest BCUT2D eigenvalue weighted by molar-refractivity contribution is 0.0222. The maximum Gasteiger partial charge on any atom is 0.0499 e. The second-order valence-corrected chi connectivity index (χ2v) is 4.05. The SMILES string of the molecule is CC(C)(CO)C1(N)CCC1. The van der Waals surface area contributed by atoms with Gasteiger partial charge in [0, 0.05) is 17.6 Å². The molecule has 0 atom stereocenters. The van der Waals surface area contributed by atoms with Crippen molar-refractivity contribution in [1.82, 2.24) is 0 Å². The highest BCUT2D eigenvalue weighted by atomic mass is 16.3. The molecule has 0 aromatic heterocycles. The Morgan fingerprint density at radius 2 is 2.00 bits per heavy atom. The van der Waals surface area contributed by atoms with E-state index in [4.69, 9.17) is 10.8 Å². The largest absolute Gasteiger partial charge is 0.396 e. The highest BCUT2D eigenvalue weighted by Gasteiger charge is 2.45. The molecule has 0 aromatic carbocycles. The summed E-state index contributed by atoms with van der Waals surface area (Å²) < 4.78 is 0. The molecule has 0 bridgehead atoms. The van der Waals surface area contributed by atoms with E-state index in [0.29, 0.717) is 0 Å². The van der Waals surface area contributed by atoms with Crippen molar-refractivity contribution in [1.29, 1.82) is 0 Å². The van der Waals surface area contributed by atoms with Crippen molar-refractivity contribution in [3.8, 4) is 0 Å². The van der Waals surface area contributed by atoms with E-state index in [1.165, 1.54) is 6.42 Å². The van der Waals surface area contributed by atoms with Crippen LogP contribution < -0.4 is 5.73 Å². The van der Waals surface area contributed by atoms with Gasteiger partial charge in [-0.15, -0.1) is 0 Å². The Balaban J connectivity index is 2.61. The Hall–Kier alpha value is -0.0800. The third-order valence-electron chi connectivity index (χ3n) is 2.99. The van der Waals surface area contributed by atoms with Crippen molar-refractivity contribution in [3.05, 3.63) is 0 Å². The van der Waals surface area contributed by atoms with Crippen LogP contribution in [0.4, 0.5) is 0 Å². The van der Waals surface area contributed by atoms with Crippen LogP contribution in [0.15, 0.2) is 0 Å². The number of aliphatic hydroxyl groups excluding tert-OH is 1. The summed E-state index contributed by atoms with van der Waals surface area (Å²) in [6, 6.07) is 0. The number of hydrogen-bond donors (Lipinski definition) is 2. The van der Waals surface area contributed by atoms with E-state index in [1.54, 1.807) is 0 Å². The first-order valence-electron chi connectivity index (χ1n) is 3.92. The van der Waals surface area contributed by atoms with E-state index in [-0.39, 0.29) is 17.6 Å². The van der Waals surface area contributed by atoms with Crippen molar-refractivity contribution in [2.75, 3.05) is 6.61 Å². The average Bonchev–Trinajstić information content (AvgIpc) is 1.82. The Morgan fingerprint density at radius 1 is 1.50 bits per heavy atom. The van der Waals surface area contributed by atoms with Gasteiger partial charge in [0.05, 0.1) is 0 Å². The number of rotatable bonds is 2. The van der Waals surface area contributed by atoms with Crippen LogP contribution in [0.5, 0.6) is 0 Å². The zero-order valence-electron chi connectivity index (χ0n) is 6.85. The molecule has 3 N–H and O–H groups in total. The van der Waals surface area contributed by atoms with Crippen LogP contribution in [0.1, 0.15) is 33.1 Å². The van der Waals surface area contributed by atoms with Crippen LogP contribution in [0.3, 0.4) is 0 Å². The van der Waals surface area contributed by atoms with Gasteiger partial charge < -0.3 is 10.8 Å². The molecule has 10 heavy (non-hydrogen) atoms. The standard InChI is InChI=1S/C8H17NO/c1-7(2,6-10)8(9)4-3-5-8/h10H,3-6,9H2,1-2H3. The molecule has 0 unspecified atom stereocenters. The lowest BCUT2D eigenvalue weighted by Crippen LogP contribution is -2.59. The summed E-state index contributed by atoms with van der Waals surface area (Å²) in [5, 5.41) is 9.01. The highest BCUT2D eigenvalue weighted by molar-refractivity contribution is 5.03. The molecule has 2 heteroatoms. The molecule has 0 spiro atoms. The average molecular weight is 143 g/mol. The van der Waals surface area contributed by atoms with Crippen molar-refractivity contribution in [2.24, 2.45) is 11.1 Å². The zero-order valence-corrected chi connectivity index (χ0v) is 6.85. The lowest BCUT2D eigenvalue weighted by atomic mass is 9.61. The van der Waals surface area contributed by atoms with Crippen molar-refractivity contribution in [2.45, 2.75) is 38.6 Å². The van der Waals surface area contributed by atoms with E-state index in [1.807, 2.05) is 13.8 Å². The molecule has 0 amide bonds. The summed E-state index contributed by atoms with van der Waals surface area (Å²) in [6.07, 6.45) is 3.36. The van der Waals surface area contributed by atoms with Gasteiger partial charge in [0.2, 0.25) is 0 Å². The van der Waals surface area contributed by atoms with Crippen LogP contribution in [0.25, 0.3) is 0 Å². The van der Waals surface area contributed by atoms with Gasteiger partial charge >= 0.3 is 0 Å². The Labute approximate surface area is 62.4 Å². The van der Waals surface area contributed by atoms with Gasteiger partial charge in [-0.25, -0.2) is 0 Å². The highest BCUT2D eigenvalue weighted by Crippen LogP contribution is 2.43. The van der Waals surface area contributed by atoms with Crippen LogP contribution in [0, 0.1) is 5.41 Å². The van der Waals surface area contributed by atoms with E-state index >= 15 is 0 Å². The first-order valence-corrected chi connectivity index (χ1v) is 3.92. The molecule has 1 rings (SSSR count). The molecular weight excluding hydrogens is 126 g/mol. The summed E-state index contributed by atoms with van der Waals surface area (Å²) in [6.45, 7) is 4.27. The number of nitrogens with two attached hydrogens (primary N) is 1. The molecule has 0 aromatic rings. The Kier molecular flexibility index (Phi) is 1.77. The van der Waals surface area contributed by atoms with E-state index in [9.17, 15) is 0 Å². The van der Waals surface area contributed by atoms with Crippen molar-refractivity contribution < 1.29 is 5.11 Å². The van der Waals surface area contributed by atoms with E-state index in [0.717, 1.165) is 12.8 Å². The number of hydrogen-bond acceptors (Lipinski definition) is 2. The third-order valence-corrected chi connectivity index (χ3v) is 2.99. The molecule has 0 aliphatic heterocycles. The molecule has 60 valence electrons. The van der Waals surface area contributed by atoms with Gasteiger partial charge in [0.15, 0.2) is 0 Å². The summed E-state index contributed by atoms with van der Waals surface area (Å²) in [5.41, 5.74) is 5.86. The number of aliphatic hydroxyl groups is 1. The third kappa shape index (κ3) is 0.956. The second-order valence-electron chi connectivity index (χ2n) is 4.05. The molecule has 1 aliphatic carbocycles. The smallest absolute Gasteiger partial charge is 0.0499 e. The summed E-state index contributed by atoms with van der Waals surface area (Å²) in [4.78, 5) is 0. The fraction of sp³-hybridized carbons (Fsp3) is 1.00. The van der Waals surface area contributed by atoms with Crippen molar-refractivity contribution in [3.63, 3.8) is 0 Å². The van der Waals surface area contributed by atoms with E-state index < -0.39 is 0 Å². The molecule has 1 aliphatic rings. The minimum atomic E-state index is -0.0920. The van der Waals surface area contributed by atoms with Crippen LogP contribution in [-0.2, 0) is 0 Å². The predicted octanol–water partition coefficient (Wildman–Crippen LogP) is 0.886. The monoisotopic (exact) mass is 143 g/mol. The summed E-state index contributed by atoms with van der Waals surface area (Å²) in [5.74, 6) is 0. The first-order chi connectivity index (χ1) is 4.52. The minimum absolute atomic E-state index is 0.0816. The Morgan fingerprint density at radius 3 is 2.10 bits per heavy atom. The molecule has 2 nitrogen and oxygen atoms in total. The molecule has 1 saturated carbocycles. The minimum Gasteiger partial charge on any atom is -0.396 e. The first kappa shape index (κ1) is 8.02. The van der Waals surface area contributed by atoms with Gasteiger partial charge in [-0.05, 0) is 19.3 Å². The van der Waals surface area contributed by atoms with Crippen LogP contribution in [0.2, 0.25) is 0 Å². The van der Waals surface area contributed by atoms with Gasteiger partial charge in [0.25, 0.3) is 0 Å². The van der Waals surface area contributed by atoms with E-state index in [2.05, 4.69) is 0 Å². The molecule has 1 fully saturated rings.